The van der Waals surface area contributed by atoms with Crippen molar-refractivity contribution in [1.29, 1.82) is 0 Å². The highest BCUT2D eigenvalue weighted by molar-refractivity contribution is 8.18. The number of rotatable bonds is 5. The van der Waals surface area contributed by atoms with Crippen LogP contribution in [0.5, 0.6) is 5.75 Å². The predicted molar refractivity (Wildman–Crippen MR) is 95.7 cm³/mol. The van der Waals surface area contributed by atoms with Gasteiger partial charge in [-0.15, -0.1) is 0 Å². The number of nitrogens with zero attached hydrogens (tertiary/aromatic N) is 1. The summed E-state index contributed by atoms with van der Waals surface area (Å²) in [4.78, 5) is 26.1. The first kappa shape index (κ1) is 16.1. The zero-order chi connectivity index (χ0) is 16.9. The van der Waals surface area contributed by atoms with E-state index < -0.39 is 0 Å². The number of para-hydroxylation sites is 1. The molecule has 0 bridgehead atoms. The lowest BCUT2D eigenvalue weighted by molar-refractivity contribution is -0.122. The fourth-order valence-electron chi connectivity index (χ4n) is 2.25. The average molecular weight is 340 g/mol. The van der Waals surface area contributed by atoms with Crippen molar-refractivity contribution >= 4 is 34.7 Å². The summed E-state index contributed by atoms with van der Waals surface area (Å²) in [6.45, 7) is 0.143. The molecular weight excluding hydrogens is 324 g/mol. The first-order chi connectivity index (χ1) is 11.7. The molecule has 1 fully saturated rings. The van der Waals surface area contributed by atoms with E-state index in [4.69, 9.17) is 4.74 Å². The average Bonchev–Trinajstić information content (AvgIpc) is 2.87. The van der Waals surface area contributed by atoms with Gasteiger partial charge in [0, 0.05) is 5.69 Å². The van der Waals surface area contributed by atoms with Gasteiger partial charge in [-0.2, -0.15) is 0 Å². The molecule has 1 aliphatic rings. The van der Waals surface area contributed by atoms with Gasteiger partial charge in [0.05, 0.1) is 18.7 Å². The van der Waals surface area contributed by atoms with Crippen LogP contribution >= 0.6 is 11.8 Å². The van der Waals surface area contributed by atoms with E-state index in [2.05, 4.69) is 5.32 Å². The van der Waals surface area contributed by atoms with Crippen molar-refractivity contribution in [2.24, 2.45) is 0 Å². The number of anilines is 1. The highest BCUT2D eigenvalue weighted by Gasteiger charge is 2.34. The maximum absolute atomic E-state index is 12.4. The van der Waals surface area contributed by atoms with Gasteiger partial charge in [-0.05, 0) is 47.7 Å². The van der Waals surface area contributed by atoms with Gasteiger partial charge in [-0.1, -0.05) is 30.3 Å². The number of ether oxygens (including phenoxy) is 1. The largest absolute Gasteiger partial charge is 0.497 e. The summed E-state index contributed by atoms with van der Waals surface area (Å²) in [6, 6.07) is 16.8. The van der Waals surface area contributed by atoms with Crippen molar-refractivity contribution in [2.75, 3.05) is 19.1 Å². The van der Waals surface area contributed by atoms with Crippen molar-refractivity contribution in [3.63, 3.8) is 0 Å². The molecule has 5 nitrogen and oxygen atoms in total. The minimum atomic E-state index is -0.295. The summed E-state index contributed by atoms with van der Waals surface area (Å²) in [7, 11) is 1.59. The van der Waals surface area contributed by atoms with Gasteiger partial charge < -0.3 is 10.1 Å². The number of methoxy groups -OCH3 is 1. The molecule has 0 saturated carbocycles. The number of hydrogen-bond donors (Lipinski definition) is 1. The van der Waals surface area contributed by atoms with Crippen LogP contribution in [0, 0.1) is 0 Å². The second-order valence-corrected chi connectivity index (χ2v) is 6.08. The monoisotopic (exact) mass is 340 g/mol. The molecule has 2 aromatic rings. The SMILES string of the molecule is COc1cccc(/C=C2/SC(=O)N(CNc3ccccc3)C2=O)c1. The number of nitrogens with one attached hydrogen (secondary N) is 1. The fourth-order valence-corrected chi connectivity index (χ4v) is 3.08. The Hall–Kier alpha value is -2.73. The van der Waals surface area contributed by atoms with Crippen LogP contribution in [0.25, 0.3) is 6.08 Å². The molecule has 24 heavy (non-hydrogen) atoms. The minimum absolute atomic E-state index is 0.143. The molecule has 6 heteroatoms. The van der Waals surface area contributed by atoms with Crippen molar-refractivity contribution in [1.82, 2.24) is 4.90 Å². The predicted octanol–water partition coefficient (Wildman–Crippen LogP) is 3.80. The second-order valence-electron chi connectivity index (χ2n) is 5.09. The number of hydrogen-bond acceptors (Lipinski definition) is 5. The normalized spacial score (nSPS) is 15.9. The molecule has 2 aromatic carbocycles. The lowest BCUT2D eigenvalue weighted by Gasteiger charge is -2.14. The molecule has 2 amide bonds. The minimum Gasteiger partial charge on any atom is -0.497 e. The van der Waals surface area contributed by atoms with E-state index in [0.717, 1.165) is 23.0 Å². The van der Waals surface area contributed by atoms with E-state index in [0.29, 0.717) is 10.7 Å². The first-order valence-electron chi connectivity index (χ1n) is 7.36. The summed E-state index contributed by atoms with van der Waals surface area (Å²) in [5.74, 6) is 0.407. The molecule has 1 heterocycles. The van der Waals surface area contributed by atoms with Crippen molar-refractivity contribution in [3.8, 4) is 5.75 Å². The van der Waals surface area contributed by atoms with E-state index in [9.17, 15) is 9.59 Å². The number of carbonyl (C=O) groups is 2. The maximum Gasteiger partial charge on any atom is 0.295 e. The molecule has 0 unspecified atom stereocenters. The van der Waals surface area contributed by atoms with Crippen molar-refractivity contribution < 1.29 is 14.3 Å². The van der Waals surface area contributed by atoms with Crippen LogP contribution in [0.2, 0.25) is 0 Å². The van der Waals surface area contributed by atoms with Crippen LogP contribution in [0.1, 0.15) is 5.56 Å². The fraction of sp³-hybridized carbons (Fsp3) is 0.111. The van der Waals surface area contributed by atoms with Gasteiger partial charge in [0.1, 0.15) is 5.75 Å². The smallest absolute Gasteiger partial charge is 0.295 e. The van der Waals surface area contributed by atoms with Gasteiger partial charge in [0.15, 0.2) is 0 Å². The van der Waals surface area contributed by atoms with E-state index in [1.54, 1.807) is 13.2 Å². The van der Waals surface area contributed by atoms with Gasteiger partial charge in [0.25, 0.3) is 11.1 Å². The van der Waals surface area contributed by atoms with Crippen LogP contribution < -0.4 is 10.1 Å². The molecule has 122 valence electrons. The highest BCUT2D eigenvalue weighted by Crippen LogP contribution is 2.32. The molecule has 0 atom stereocenters. The molecule has 3 rings (SSSR count). The third-order valence-electron chi connectivity index (χ3n) is 3.48. The van der Waals surface area contributed by atoms with Gasteiger partial charge in [-0.3, -0.25) is 14.5 Å². The molecule has 1 saturated heterocycles. The summed E-state index contributed by atoms with van der Waals surface area (Å²) in [5, 5.41) is 2.79. The van der Waals surface area contributed by atoms with Gasteiger partial charge in [-0.25, -0.2) is 0 Å². The van der Waals surface area contributed by atoms with E-state index in [1.165, 1.54) is 4.90 Å². The Morgan fingerprint density at radius 2 is 1.92 bits per heavy atom. The molecule has 0 aromatic heterocycles. The van der Waals surface area contributed by atoms with Crippen LogP contribution in [-0.2, 0) is 4.79 Å². The molecule has 1 N–H and O–H groups in total. The third-order valence-corrected chi connectivity index (χ3v) is 4.39. The number of amides is 2. The molecule has 0 spiro atoms. The van der Waals surface area contributed by atoms with Crippen molar-refractivity contribution in [2.45, 2.75) is 0 Å². The van der Waals surface area contributed by atoms with E-state index in [-0.39, 0.29) is 17.8 Å². The van der Waals surface area contributed by atoms with Crippen molar-refractivity contribution in [3.05, 3.63) is 65.1 Å². The first-order valence-corrected chi connectivity index (χ1v) is 8.17. The van der Waals surface area contributed by atoms with Gasteiger partial charge >= 0.3 is 0 Å². The topological polar surface area (TPSA) is 58.6 Å². The maximum atomic E-state index is 12.4. The number of carbonyl (C=O) groups excluding carboxylic acids is 2. The molecule has 0 aliphatic carbocycles. The summed E-state index contributed by atoms with van der Waals surface area (Å²) < 4.78 is 5.17. The molecular formula is C18H16N2O3S. The number of thioether (sulfide) groups is 1. The van der Waals surface area contributed by atoms with Crippen LogP contribution in [-0.4, -0.2) is 29.8 Å². The molecule has 0 radical (unpaired) electrons. The number of benzene rings is 2. The Morgan fingerprint density at radius 1 is 1.12 bits per heavy atom. The lowest BCUT2D eigenvalue weighted by Crippen LogP contribution is -2.33. The zero-order valence-electron chi connectivity index (χ0n) is 13.1. The second kappa shape index (κ2) is 7.23. The Bertz CT molecular complexity index is 790. The summed E-state index contributed by atoms with van der Waals surface area (Å²) in [6.07, 6.45) is 1.70. The van der Waals surface area contributed by atoms with Crippen LogP contribution in [0.15, 0.2) is 59.5 Å². The standard InChI is InChI=1S/C18H16N2O3S/c1-23-15-9-5-6-13(10-15)11-16-17(21)20(18(22)24-16)12-19-14-7-3-2-4-8-14/h2-11,19H,12H2,1H3/b16-11+. The lowest BCUT2D eigenvalue weighted by atomic mass is 10.2. The Labute approximate surface area is 144 Å². The highest BCUT2D eigenvalue weighted by atomic mass is 32.2. The van der Waals surface area contributed by atoms with E-state index in [1.807, 2.05) is 54.6 Å². The number of imide groups is 1. The Kier molecular flexibility index (Phi) is 4.86. The Balaban J connectivity index is 1.72. The van der Waals surface area contributed by atoms with E-state index >= 15 is 0 Å². The zero-order valence-corrected chi connectivity index (χ0v) is 13.9. The quantitative estimate of drug-likeness (QED) is 0.839. The third kappa shape index (κ3) is 3.60. The van der Waals surface area contributed by atoms with Gasteiger partial charge in [0.2, 0.25) is 0 Å². The molecule has 1 aliphatic heterocycles. The summed E-state index contributed by atoms with van der Waals surface area (Å²) >= 11 is 0.943. The summed E-state index contributed by atoms with van der Waals surface area (Å²) in [5.41, 5.74) is 1.67. The van der Waals surface area contributed by atoms with Crippen LogP contribution in [0.4, 0.5) is 10.5 Å². The van der Waals surface area contributed by atoms with Crippen LogP contribution in [0.3, 0.4) is 0 Å². The Morgan fingerprint density at radius 3 is 2.67 bits per heavy atom.